The normalized spacial score (nSPS) is 20.6. The lowest BCUT2D eigenvalue weighted by Gasteiger charge is -2.47. The molecule has 2 saturated heterocycles. The van der Waals surface area contributed by atoms with Crippen molar-refractivity contribution in [2.45, 2.75) is 160 Å². The molecule has 0 bridgehead atoms. The number of carbonyl (C=O) groups is 6. The van der Waals surface area contributed by atoms with Gasteiger partial charge < -0.3 is 57.8 Å². The number of carboxylic acids is 1. The van der Waals surface area contributed by atoms with Crippen LogP contribution in [-0.4, -0.2) is 152 Å². The van der Waals surface area contributed by atoms with Crippen molar-refractivity contribution >= 4 is 35.8 Å². The molecule has 2 fully saturated rings. The molecule has 85 heavy (non-hydrogen) atoms. The average Bonchev–Trinajstić information content (AvgIpc) is 0.963. The first kappa shape index (κ1) is 66.7. The fourth-order valence-electron chi connectivity index (χ4n) is 10.7. The number of H-pyrrole nitrogens is 1. The summed E-state index contributed by atoms with van der Waals surface area (Å²) < 4.78 is 61.1. The number of rotatable bonds is 33. The Bertz CT molecular complexity index is 2890. The second kappa shape index (κ2) is 32.7. The zero-order chi connectivity index (χ0) is 61.5. The number of benzene rings is 3. The van der Waals surface area contributed by atoms with Gasteiger partial charge in [0.2, 0.25) is 5.91 Å². The van der Waals surface area contributed by atoms with E-state index < -0.39 is 101 Å². The highest BCUT2D eigenvalue weighted by Crippen LogP contribution is 2.43. The van der Waals surface area contributed by atoms with Crippen LogP contribution in [0.4, 0.5) is 0 Å². The zero-order valence-electron chi connectivity index (χ0n) is 49.7. The highest BCUT2D eigenvalue weighted by Gasteiger charge is 2.52. The number of amides is 1. The zero-order valence-corrected chi connectivity index (χ0v) is 49.7. The van der Waals surface area contributed by atoms with Crippen molar-refractivity contribution in [3.63, 3.8) is 0 Å². The Hall–Kier alpha value is -7.44. The summed E-state index contributed by atoms with van der Waals surface area (Å²) >= 11 is 0. The lowest BCUT2D eigenvalue weighted by atomic mass is 9.79. The van der Waals surface area contributed by atoms with Crippen molar-refractivity contribution in [3.05, 3.63) is 128 Å². The van der Waals surface area contributed by atoms with Gasteiger partial charge in [-0.2, -0.15) is 0 Å². The van der Waals surface area contributed by atoms with Gasteiger partial charge in [-0.1, -0.05) is 106 Å². The van der Waals surface area contributed by atoms with Gasteiger partial charge in [0.25, 0.3) is 5.56 Å². The summed E-state index contributed by atoms with van der Waals surface area (Å²) in [6.45, 7) is 6.77. The van der Waals surface area contributed by atoms with Crippen molar-refractivity contribution in [2.24, 2.45) is 0 Å². The Labute approximate surface area is 494 Å². The molecule has 0 saturated carbocycles. The number of aliphatic carboxylic acids is 1. The van der Waals surface area contributed by atoms with E-state index in [2.05, 4.69) is 15.2 Å². The number of hydrogen-bond donors (Lipinski definition) is 3. The molecule has 3 aromatic carbocycles. The molecule has 1 amide bonds. The third kappa shape index (κ3) is 19.5. The Morgan fingerprint density at radius 3 is 1.82 bits per heavy atom. The van der Waals surface area contributed by atoms with E-state index in [0.717, 1.165) is 74.5 Å². The van der Waals surface area contributed by atoms with E-state index in [9.17, 15) is 43.5 Å². The number of morpholine rings is 1. The summed E-state index contributed by atoms with van der Waals surface area (Å²) in [5, 5.41) is 12.1. The molecular weight excluding hydrogens is 1100 g/mol. The third-order valence-corrected chi connectivity index (χ3v) is 14.8. The molecule has 2 aliphatic rings. The number of methoxy groups -OCH3 is 2. The van der Waals surface area contributed by atoms with Crippen molar-refractivity contribution in [1.29, 1.82) is 0 Å². The molecule has 4 aromatic rings. The molecule has 3 N–H and O–H groups in total. The minimum Gasteiger partial charge on any atom is -0.497 e. The highest BCUT2D eigenvalue weighted by atomic mass is 16.7. The molecule has 2 aliphatic heterocycles. The summed E-state index contributed by atoms with van der Waals surface area (Å²) in [5.74, 6) is -3.11. The van der Waals surface area contributed by atoms with Crippen LogP contribution in [0.2, 0.25) is 0 Å². The second-order valence-corrected chi connectivity index (χ2v) is 21.4. The molecule has 0 aliphatic carbocycles. The first-order chi connectivity index (χ1) is 40.8. The van der Waals surface area contributed by atoms with Crippen LogP contribution in [0.3, 0.4) is 0 Å². The van der Waals surface area contributed by atoms with Crippen molar-refractivity contribution < 1.29 is 81.2 Å². The van der Waals surface area contributed by atoms with Gasteiger partial charge in [0.1, 0.15) is 48.1 Å². The average molecular weight is 1190 g/mol. The molecule has 23 nitrogen and oxygen atoms in total. The van der Waals surface area contributed by atoms with Crippen molar-refractivity contribution in [2.75, 3.05) is 60.3 Å². The molecule has 0 radical (unpaired) electrons. The van der Waals surface area contributed by atoms with Gasteiger partial charge in [0, 0.05) is 59.2 Å². The third-order valence-electron chi connectivity index (χ3n) is 14.8. The smallest absolute Gasteiger partial charge is 0.330 e. The summed E-state index contributed by atoms with van der Waals surface area (Å²) in [5.41, 5.74) is -1.53. The Morgan fingerprint density at radius 2 is 1.27 bits per heavy atom. The van der Waals surface area contributed by atoms with E-state index in [1.54, 1.807) is 21.1 Å². The monoisotopic (exact) mass is 1190 g/mol. The van der Waals surface area contributed by atoms with E-state index >= 15 is 0 Å². The van der Waals surface area contributed by atoms with Crippen LogP contribution >= 0.6 is 0 Å². The van der Waals surface area contributed by atoms with Gasteiger partial charge in [-0.05, 0) is 67.3 Å². The number of nitrogens with zero attached hydrogens (tertiary/aromatic N) is 2. The van der Waals surface area contributed by atoms with Crippen molar-refractivity contribution in [1.82, 2.24) is 19.8 Å². The number of esters is 4. The van der Waals surface area contributed by atoms with Crippen LogP contribution in [-0.2, 0) is 72.3 Å². The van der Waals surface area contributed by atoms with E-state index in [1.807, 2.05) is 78.9 Å². The lowest BCUT2D eigenvalue weighted by Crippen LogP contribution is -2.66. The Morgan fingerprint density at radius 1 is 0.706 bits per heavy atom. The van der Waals surface area contributed by atoms with Crippen LogP contribution in [0.25, 0.3) is 0 Å². The maximum absolute atomic E-state index is 13.6. The van der Waals surface area contributed by atoms with Crippen LogP contribution in [0.1, 0.15) is 133 Å². The van der Waals surface area contributed by atoms with E-state index in [-0.39, 0.29) is 51.5 Å². The van der Waals surface area contributed by atoms with Crippen LogP contribution in [0, 0.1) is 6.92 Å². The number of carbonyl (C=O) groups excluding carboxylic acids is 5. The van der Waals surface area contributed by atoms with Gasteiger partial charge >= 0.3 is 35.5 Å². The number of aromatic nitrogens is 2. The van der Waals surface area contributed by atoms with Gasteiger partial charge in [-0.15, -0.1) is 0 Å². The first-order valence-electron chi connectivity index (χ1n) is 28.9. The van der Waals surface area contributed by atoms with Crippen molar-refractivity contribution in [3.8, 4) is 11.5 Å². The molecule has 7 atom stereocenters. The fourth-order valence-corrected chi connectivity index (χ4v) is 10.7. The number of ether oxygens (including phenoxy) is 10. The minimum atomic E-state index is -1.48. The Kier molecular flexibility index (Phi) is 25.7. The van der Waals surface area contributed by atoms with Gasteiger partial charge in [-0.3, -0.25) is 48.0 Å². The second-order valence-electron chi connectivity index (χ2n) is 21.4. The van der Waals surface area contributed by atoms with Crippen LogP contribution < -0.4 is 26.0 Å². The molecule has 0 spiro atoms. The van der Waals surface area contributed by atoms with E-state index in [4.69, 9.17) is 47.4 Å². The number of carboxylic acid groups (broad SMARTS) is 1. The number of nitrogens with one attached hydrogen (secondary N) is 2. The minimum absolute atomic E-state index is 0.180. The molecular formula is C62H82N4O19. The summed E-state index contributed by atoms with van der Waals surface area (Å²) in [6, 6.07) is 23.6. The summed E-state index contributed by atoms with van der Waals surface area (Å²) in [6.07, 6.45) is 4.14. The predicted octanol–water partition coefficient (Wildman–Crippen LogP) is 6.42. The largest absolute Gasteiger partial charge is 0.497 e. The summed E-state index contributed by atoms with van der Waals surface area (Å²) in [4.78, 5) is 104. The highest BCUT2D eigenvalue weighted by molar-refractivity contribution is 5.76. The van der Waals surface area contributed by atoms with Gasteiger partial charge in [0.05, 0.1) is 33.7 Å². The molecule has 0 unspecified atom stereocenters. The maximum Gasteiger partial charge on any atom is 0.330 e. The quantitative estimate of drug-likeness (QED) is 0.0201. The number of aryl methyl sites for hydroxylation is 1. The first-order valence-corrected chi connectivity index (χ1v) is 28.9. The van der Waals surface area contributed by atoms with E-state index in [1.165, 1.54) is 38.5 Å². The summed E-state index contributed by atoms with van der Waals surface area (Å²) in [7, 11) is 3.16. The lowest BCUT2D eigenvalue weighted by molar-refractivity contribution is -0.277. The number of aromatic amines is 1. The number of hydrogen-bond acceptors (Lipinski definition) is 19. The molecule has 1 aromatic heterocycles. The SMILES string of the molecule is COc1ccc(C(OC[C@]2(COC(=O)CCC(=O)O)CN(CCCCCCCCCCCCO[C@@H]3O[C@H](COC(C)=O)[C@H](OC(C)=O)[C@H](OC(C)=O)[C@H]3NC(C)=O)C[C@H](n3cc(C)c(=O)[nH]c3=O)O2)(c2ccccc2)c2ccc(OC)cc2)cc1. The van der Waals surface area contributed by atoms with Gasteiger partial charge in [-0.25, -0.2) is 4.79 Å². The maximum atomic E-state index is 13.6. The standard InChI is InChI=1S/C62H82N4O19/c1-41-35-66(60(75)64-58(41)74)52-36-65(33-19-14-12-10-8-9-11-13-15-20-34-78-59-55(63-42(2)67)57(83-45(5)70)56(82-44(4)69)51(84-59)37-79-43(3)68)38-61(85-52,39-80-54(73)32-31-53(71)72)40-81-62(46-21-17-16-18-22-46,47-23-27-49(76-6)28-24-47)48-25-29-50(77-7)30-26-48/h16-18,21-30,35,51-52,55-57,59H,8-15,19-20,31-34,36-40H2,1-7H3,(H,63,67)(H,71,72)(H,64,74,75)/t51-,52-,55-,56+,57-,59-,61-/m1/s1. The molecule has 3 heterocycles. The molecule has 464 valence electrons. The van der Waals surface area contributed by atoms with Gasteiger partial charge in [0.15, 0.2) is 24.7 Å². The topological polar surface area (TPSA) is 285 Å². The fraction of sp³-hybridized carbons (Fsp3) is 0.548. The molecule has 23 heteroatoms. The van der Waals surface area contributed by atoms with E-state index in [0.29, 0.717) is 24.5 Å². The number of unbranched alkanes of at least 4 members (excludes halogenated alkanes) is 9. The predicted molar refractivity (Wildman–Crippen MR) is 308 cm³/mol. The van der Waals surface area contributed by atoms with Crippen LogP contribution in [0.15, 0.2) is 94.6 Å². The Balaban J connectivity index is 1.11. The van der Waals surface area contributed by atoms with Crippen LogP contribution in [0.5, 0.6) is 11.5 Å². The molecule has 6 rings (SSSR count).